The highest BCUT2D eigenvalue weighted by molar-refractivity contribution is 6.30. The molecule has 0 atom stereocenters. The normalized spacial score (nSPS) is 16.9. The fourth-order valence-corrected chi connectivity index (χ4v) is 4.65. The van der Waals surface area contributed by atoms with Gasteiger partial charge in [0.2, 0.25) is 0 Å². The molecule has 29 heavy (non-hydrogen) atoms. The van der Waals surface area contributed by atoms with Gasteiger partial charge in [-0.05, 0) is 42.2 Å². The topological polar surface area (TPSA) is 81.2 Å². The molecule has 1 amide bonds. The molecule has 2 heterocycles. The second-order valence-corrected chi connectivity index (χ2v) is 8.48. The Labute approximate surface area is 173 Å². The number of aromatic hydroxyl groups is 1. The number of phenols is 1. The Balaban J connectivity index is 1.43. The molecule has 2 aromatic carbocycles. The second kappa shape index (κ2) is 7.26. The van der Waals surface area contributed by atoms with E-state index in [4.69, 9.17) is 11.6 Å². The van der Waals surface area contributed by atoms with E-state index in [0.717, 1.165) is 35.2 Å². The minimum atomic E-state index is -0.193. The number of fused-ring (bicyclic) bond motifs is 2. The summed E-state index contributed by atoms with van der Waals surface area (Å²) in [5, 5.41) is 22.9. The number of rotatable bonds is 3. The molecule has 0 radical (unpaired) electrons. The molecule has 0 saturated heterocycles. The third-order valence-corrected chi connectivity index (χ3v) is 6.27. The summed E-state index contributed by atoms with van der Waals surface area (Å²) in [6.45, 7) is 1.01. The number of carbonyl (C=O) groups excluding carboxylic acids is 1. The first-order valence-corrected chi connectivity index (χ1v) is 10.5. The Morgan fingerprint density at radius 3 is 2.76 bits per heavy atom. The van der Waals surface area contributed by atoms with Crippen molar-refractivity contribution in [3.63, 3.8) is 0 Å². The Morgan fingerprint density at radius 2 is 1.93 bits per heavy atom. The maximum absolute atomic E-state index is 13.2. The number of anilines is 1. The first-order chi connectivity index (χ1) is 14.1. The number of nitrogens with zero attached hydrogens (tertiary/aromatic N) is 2. The number of hydrogen-bond donors (Lipinski definition) is 3. The van der Waals surface area contributed by atoms with Crippen molar-refractivity contribution in [1.82, 2.24) is 15.1 Å². The quantitative estimate of drug-likeness (QED) is 0.578. The number of aromatic amines is 1. The molecule has 7 heteroatoms. The minimum Gasteiger partial charge on any atom is -0.507 e. The highest BCUT2D eigenvalue weighted by Gasteiger charge is 2.27. The van der Waals surface area contributed by atoms with Crippen LogP contribution in [0.1, 0.15) is 53.6 Å². The number of phenolic OH excluding ortho intramolecular Hbond substituents is 1. The first-order valence-electron chi connectivity index (χ1n) is 10.1. The lowest BCUT2D eigenvalue weighted by Gasteiger charge is -2.22. The van der Waals surface area contributed by atoms with Crippen LogP contribution in [0.25, 0.3) is 10.9 Å². The molecule has 0 unspecified atom stereocenters. The van der Waals surface area contributed by atoms with Gasteiger partial charge in [0.25, 0.3) is 5.91 Å². The van der Waals surface area contributed by atoms with E-state index >= 15 is 0 Å². The van der Waals surface area contributed by atoms with Gasteiger partial charge in [-0.25, -0.2) is 0 Å². The van der Waals surface area contributed by atoms with Crippen LogP contribution in [0.2, 0.25) is 5.02 Å². The zero-order valence-electron chi connectivity index (χ0n) is 16.0. The van der Waals surface area contributed by atoms with Crippen LogP contribution in [0.4, 0.5) is 5.82 Å². The van der Waals surface area contributed by atoms with Gasteiger partial charge in [-0.3, -0.25) is 9.89 Å². The lowest BCUT2D eigenvalue weighted by Crippen LogP contribution is -2.25. The van der Waals surface area contributed by atoms with Crippen LogP contribution in [0, 0.1) is 0 Å². The van der Waals surface area contributed by atoms with Crippen molar-refractivity contribution in [3.8, 4) is 5.75 Å². The number of nitrogens with one attached hydrogen (secondary N) is 2. The van der Waals surface area contributed by atoms with Gasteiger partial charge >= 0.3 is 0 Å². The molecule has 1 saturated carbocycles. The molecule has 2 aliphatic rings. The number of benzene rings is 2. The van der Waals surface area contributed by atoms with Crippen LogP contribution in [0.15, 0.2) is 30.3 Å². The van der Waals surface area contributed by atoms with Crippen LogP contribution in [0.5, 0.6) is 5.75 Å². The van der Waals surface area contributed by atoms with E-state index in [9.17, 15) is 9.90 Å². The van der Waals surface area contributed by atoms with E-state index in [2.05, 4.69) is 15.5 Å². The smallest absolute Gasteiger partial charge is 0.258 e. The van der Waals surface area contributed by atoms with Gasteiger partial charge in [0.05, 0.1) is 11.1 Å². The average molecular weight is 411 g/mol. The molecule has 3 aromatic rings. The average Bonchev–Trinajstić information content (AvgIpc) is 3.31. The van der Waals surface area contributed by atoms with Crippen molar-refractivity contribution in [1.29, 1.82) is 0 Å². The lowest BCUT2D eigenvalue weighted by atomic mass is 9.95. The molecule has 1 aliphatic heterocycles. The highest BCUT2D eigenvalue weighted by Crippen LogP contribution is 2.33. The standard InChI is InChI=1S/C22H23ClN4O2/c23-15-7-6-13-11-27(12-14(13)8-15)22(29)18-9-17-19(10-20(18)28)25-26-21(17)24-16-4-2-1-3-5-16/h6-10,16,28H,1-5,11-12H2,(H2,24,25,26). The maximum atomic E-state index is 13.2. The summed E-state index contributed by atoms with van der Waals surface area (Å²) in [6, 6.07) is 9.43. The van der Waals surface area contributed by atoms with Gasteiger partial charge in [0, 0.05) is 35.6 Å². The van der Waals surface area contributed by atoms with Crippen LogP contribution in [0.3, 0.4) is 0 Å². The third-order valence-electron chi connectivity index (χ3n) is 6.03. The summed E-state index contributed by atoms with van der Waals surface area (Å²) in [5.74, 6) is 0.517. The van der Waals surface area contributed by atoms with Crippen molar-refractivity contribution in [2.45, 2.75) is 51.2 Å². The molecule has 150 valence electrons. The molecule has 1 aromatic heterocycles. The molecule has 6 nitrogen and oxygen atoms in total. The molecule has 1 aliphatic carbocycles. The molecule has 3 N–H and O–H groups in total. The van der Waals surface area contributed by atoms with Crippen molar-refractivity contribution in [3.05, 3.63) is 52.0 Å². The number of H-pyrrole nitrogens is 1. The molecule has 0 bridgehead atoms. The van der Waals surface area contributed by atoms with E-state index in [1.54, 1.807) is 17.0 Å². The van der Waals surface area contributed by atoms with Gasteiger partial charge in [-0.1, -0.05) is 36.9 Å². The van der Waals surface area contributed by atoms with Crippen molar-refractivity contribution >= 4 is 34.2 Å². The third kappa shape index (κ3) is 3.42. The molecular weight excluding hydrogens is 388 g/mol. The Bertz CT molecular complexity index is 1090. The fraction of sp³-hybridized carbons (Fsp3) is 0.364. The highest BCUT2D eigenvalue weighted by atomic mass is 35.5. The van der Waals surface area contributed by atoms with Gasteiger partial charge < -0.3 is 15.3 Å². The number of aromatic nitrogens is 2. The summed E-state index contributed by atoms with van der Waals surface area (Å²) in [6.07, 6.45) is 6.00. The lowest BCUT2D eigenvalue weighted by molar-refractivity contribution is 0.0748. The van der Waals surface area contributed by atoms with E-state index in [0.29, 0.717) is 35.2 Å². The monoisotopic (exact) mass is 410 g/mol. The minimum absolute atomic E-state index is 0.0376. The number of amides is 1. The summed E-state index contributed by atoms with van der Waals surface area (Å²) >= 11 is 6.08. The largest absolute Gasteiger partial charge is 0.507 e. The molecular formula is C22H23ClN4O2. The Hall–Kier alpha value is -2.73. The summed E-state index contributed by atoms with van der Waals surface area (Å²) in [4.78, 5) is 14.9. The number of carbonyl (C=O) groups is 1. The summed E-state index contributed by atoms with van der Waals surface area (Å²) in [5.41, 5.74) is 3.15. The predicted octanol–water partition coefficient (Wildman–Crippen LogP) is 4.82. The van der Waals surface area contributed by atoms with Crippen LogP contribution < -0.4 is 5.32 Å². The summed E-state index contributed by atoms with van der Waals surface area (Å²) < 4.78 is 0. The van der Waals surface area contributed by atoms with Gasteiger partial charge in [-0.2, -0.15) is 5.10 Å². The van der Waals surface area contributed by atoms with Crippen molar-refractivity contribution in [2.75, 3.05) is 5.32 Å². The van der Waals surface area contributed by atoms with Crippen LogP contribution >= 0.6 is 11.6 Å². The molecule has 0 spiro atoms. The van der Waals surface area contributed by atoms with Gasteiger partial charge in [0.15, 0.2) is 5.82 Å². The van der Waals surface area contributed by atoms with E-state index < -0.39 is 0 Å². The zero-order chi connectivity index (χ0) is 20.0. The maximum Gasteiger partial charge on any atom is 0.258 e. The first kappa shape index (κ1) is 18.3. The van der Waals surface area contributed by atoms with Gasteiger partial charge in [0.1, 0.15) is 5.75 Å². The predicted molar refractivity (Wildman–Crippen MR) is 113 cm³/mol. The van der Waals surface area contributed by atoms with E-state index in [1.807, 2.05) is 18.2 Å². The zero-order valence-corrected chi connectivity index (χ0v) is 16.8. The van der Waals surface area contributed by atoms with Crippen LogP contribution in [-0.2, 0) is 13.1 Å². The van der Waals surface area contributed by atoms with E-state index in [1.165, 1.54) is 19.3 Å². The van der Waals surface area contributed by atoms with E-state index in [-0.39, 0.29) is 11.7 Å². The summed E-state index contributed by atoms with van der Waals surface area (Å²) in [7, 11) is 0. The number of hydrogen-bond acceptors (Lipinski definition) is 4. The van der Waals surface area contributed by atoms with Crippen LogP contribution in [-0.4, -0.2) is 32.2 Å². The Morgan fingerprint density at radius 1 is 1.14 bits per heavy atom. The molecule has 1 fully saturated rings. The number of halogens is 1. The second-order valence-electron chi connectivity index (χ2n) is 8.04. The van der Waals surface area contributed by atoms with Gasteiger partial charge in [-0.15, -0.1) is 0 Å². The molecule has 5 rings (SSSR count). The fourth-order valence-electron chi connectivity index (χ4n) is 4.45. The van der Waals surface area contributed by atoms with Crippen molar-refractivity contribution in [2.24, 2.45) is 0 Å². The Kier molecular flexibility index (Phi) is 4.59. The SMILES string of the molecule is O=C(c1cc2c(NC3CCCCC3)n[nH]c2cc1O)N1Cc2ccc(Cl)cc2C1. The van der Waals surface area contributed by atoms with Crippen molar-refractivity contribution < 1.29 is 9.90 Å².